The summed E-state index contributed by atoms with van der Waals surface area (Å²) in [5.74, 6) is 0.0365. The summed E-state index contributed by atoms with van der Waals surface area (Å²) in [6, 6.07) is 23.8. The Kier molecular flexibility index (Phi) is 4.99. The van der Waals surface area contributed by atoms with E-state index in [-0.39, 0.29) is 5.56 Å². The van der Waals surface area contributed by atoms with Crippen LogP contribution >= 0.6 is 0 Å². The topological polar surface area (TPSA) is 96.7 Å². The molecule has 2 heterocycles. The molecule has 0 saturated heterocycles. The molecule has 0 spiro atoms. The van der Waals surface area contributed by atoms with Gasteiger partial charge in [-0.15, -0.1) is 0 Å². The van der Waals surface area contributed by atoms with Crippen LogP contribution in [0.2, 0.25) is 0 Å². The van der Waals surface area contributed by atoms with E-state index >= 15 is 0 Å². The van der Waals surface area contributed by atoms with E-state index in [2.05, 4.69) is 4.98 Å². The standard InChI is InChI=1S/C26H19N3O4/c1-33-18-11-7-10-17(14-18)29-25(31)21(24(30)28-26(29)32)15-20-19-12-5-6-13-22(19)27-23(20)16-8-3-2-4-9-16/h2-15,31H,1H3,(H,28,30,32). The van der Waals surface area contributed by atoms with Crippen molar-refractivity contribution in [3.05, 3.63) is 116 Å². The number of aromatic nitrogens is 2. The van der Waals surface area contributed by atoms with Gasteiger partial charge in [-0.25, -0.2) is 14.4 Å². The number of allylic oxidation sites excluding steroid dienone is 1. The molecule has 0 unspecified atom stereocenters. The van der Waals surface area contributed by atoms with Crippen LogP contribution < -0.4 is 16.0 Å². The summed E-state index contributed by atoms with van der Waals surface area (Å²) >= 11 is 0. The number of benzene rings is 3. The normalized spacial score (nSPS) is 13.6. The largest absolute Gasteiger partial charge is 0.497 e. The molecule has 1 aliphatic heterocycles. The zero-order valence-electron chi connectivity index (χ0n) is 17.6. The number of hydrogen-bond donors (Lipinski definition) is 2. The second kappa shape index (κ2) is 8.12. The van der Waals surface area contributed by atoms with Crippen molar-refractivity contribution in [2.45, 2.75) is 0 Å². The van der Waals surface area contributed by atoms with Gasteiger partial charge in [0.2, 0.25) is 5.88 Å². The van der Waals surface area contributed by atoms with Crippen molar-refractivity contribution >= 4 is 23.0 Å². The van der Waals surface area contributed by atoms with Gasteiger partial charge >= 0.3 is 5.69 Å². The van der Waals surface area contributed by atoms with E-state index in [1.807, 2.05) is 54.6 Å². The number of ether oxygens (including phenoxy) is 1. The highest BCUT2D eigenvalue weighted by Crippen LogP contribution is 2.38. The van der Waals surface area contributed by atoms with Crippen LogP contribution in [-0.2, 0) is 0 Å². The van der Waals surface area contributed by atoms with Crippen LogP contribution in [0.1, 0.15) is 16.7 Å². The summed E-state index contributed by atoms with van der Waals surface area (Å²) in [4.78, 5) is 32.4. The third kappa shape index (κ3) is 3.55. The molecular weight excluding hydrogens is 418 g/mol. The number of nitrogens with zero attached hydrogens (tertiary/aromatic N) is 2. The number of H-pyrrole nitrogens is 1. The molecular formula is C26H19N3O4. The molecule has 0 radical (unpaired) electrons. The van der Waals surface area contributed by atoms with Crippen LogP contribution in [0.4, 0.5) is 5.69 Å². The molecule has 0 aliphatic carbocycles. The Morgan fingerprint density at radius 1 is 0.970 bits per heavy atom. The van der Waals surface area contributed by atoms with Crippen LogP contribution in [0.5, 0.6) is 11.6 Å². The minimum Gasteiger partial charge on any atom is -0.497 e. The van der Waals surface area contributed by atoms with E-state index in [1.165, 1.54) is 7.11 Å². The molecule has 0 bridgehead atoms. The SMILES string of the molecule is COc1cccc(-n2c(O)c(C=C3C(c4ccccc4)=Nc4ccccc43)c(=O)[nH]c2=O)c1. The van der Waals surface area contributed by atoms with Gasteiger partial charge in [0.05, 0.1) is 24.2 Å². The molecule has 0 saturated carbocycles. The molecule has 0 atom stereocenters. The van der Waals surface area contributed by atoms with E-state index in [1.54, 1.807) is 30.3 Å². The molecule has 0 fully saturated rings. The van der Waals surface area contributed by atoms with Crippen LogP contribution in [-0.4, -0.2) is 27.5 Å². The van der Waals surface area contributed by atoms with Gasteiger partial charge in [0.15, 0.2) is 0 Å². The lowest BCUT2D eigenvalue weighted by Gasteiger charge is -2.12. The average Bonchev–Trinajstić information content (AvgIpc) is 3.21. The fourth-order valence-electron chi connectivity index (χ4n) is 3.87. The van der Waals surface area contributed by atoms with E-state index in [0.29, 0.717) is 22.7 Å². The van der Waals surface area contributed by atoms with Crippen molar-refractivity contribution in [1.82, 2.24) is 9.55 Å². The molecule has 162 valence electrons. The molecule has 5 rings (SSSR count). The summed E-state index contributed by atoms with van der Waals surface area (Å²) in [6.45, 7) is 0. The van der Waals surface area contributed by atoms with Crippen LogP contribution in [0.25, 0.3) is 17.3 Å². The van der Waals surface area contributed by atoms with Gasteiger partial charge in [0, 0.05) is 22.8 Å². The maximum Gasteiger partial charge on any atom is 0.335 e. The van der Waals surface area contributed by atoms with Gasteiger partial charge in [0.25, 0.3) is 5.56 Å². The molecule has 7 nitrogen and oxygen atoms in total. The predicted molar refractivity (Wildman–Crippen MR) is 128 cm³/mol. The fraction of sp³-hybridized carbons (Fsp3) is 0.0385. The lowest BCUT2D eigenvalue weighted by atomic mass is 9.96. The molecule has 33 heavy (non-hydrogen) atoms. The van der Waals surface area contributed by atoms with E-state index in [0.717, 1.165) is 21.4 Å². The number of rotatable bonds is 4. The third-order valence-corrected chi connectivity index (χ3v) is 5.45. The Balaban J connectivity index is 1.74. The average molecular weight is 437 g/mol. The molecule has 2 N–H and O–H groups in total. The summed E-state index contributed by atoms with van der Waals surface area (Å²) in [5, 5.41) is 11.1. The Hall–Kier alpha value is -4.65. The van der Waals surface area contributed by atoms with E-state index in [9.17, 15) is 14.7 Å². The monoisotopic (exact) mass is 437 g/mol. The van der Waals surface area contributed by atoms with E-state index in [4.69, 9.17) is 9.73 Å². The Bertz CT molecular complexity index is 1550. The number of fused-ring (bicyclic) bond motifs is 1. The predicted octanol–water partition coefficient (Wildman–Crippen LogP) is 3.92. The van der Waals surface area contributed by atoms with Gasteiger partial charge in [-0.2, -0.15) is 0 Å². The summed E-state index contributed by atoms with van der Waals surface area (Å²) < 4.78 is 6.26. The second-order valence-corrected chi connectivity index (χ2v) is 7.44. The fourth-order valence-corrected chi connectivity index (χ4v) is 3.87. The number of aliphatic imine (C=N–C) groups is 1. The van der Waals surface area contributed by atoms with Crippen molar-refractivity contribution in [3.8, 4) is 17.3 Å². The maximum atomic E-state index is 12.8. The van der Waals surface area contributed by atoms with Crippen LogP contribution in [0.3, 0.4) is 0 Å². The Morgan fingerprint density at radius 2 is 1.73 bits per heavy atom. The highest BCUT2D eigenvalue weighted by atomic mass is 16.5. The first kappa shape index (κ1) is 20.3. The molecule has 0 amide bonds. The molecule has 1 aliphatic rings. The number of hydrogen-bond acceptors (Lipinski definition) is 5. The Morgan fingerprint density at radius 3 is 2.52 bits per heavy atom. The molecule has 1 aromatic heterocycles. The van der Waals surface area contributed by atoms with E-state index < -0.39 is 17.1 Å². The van der Waals surface area contributed by atoms with Gasteiger partial charge in [0.1, 0.15) is 11.3 Å². The number of methoxy groups -OCH3 is 1. The number of aromatic amines is 1. The van der Waals surface area contributed by atoms with Crippen molar-refractivity contribution in [2.75, 3.05) is 7.11 Å². The second-order valence-electron chi connectivity index (χ2n) is 7.44. The minimum absolute atomic E-state index is 0.0484. The molecule has 3 aromatic carbocycles. The van der Waals surface area contributed by atoms with Crippen LogP contribution in [0.15, 0.2) is 93.4 Å². The molecule has 4 aromatic rings. The van der Waals surface area contributed by atoms with Crippen molar-refractivity contribution in [3.63, 3.8) is 0 Å². The summed E-state index contributed by atoms with van der Waals surface area (Å²) in [7, 11) is 1.51. The quantitative estimate of drug-likeness (QED) is 0.506. The third-order valence-electron chi connectivity index (χ3n) is 5.45. The van der Waals surface area contributed by atoms with Crippen molar-refractivity contribution < 1.29 is 9.84 Å². The lowest BCUT2D eigenvalue weighted by molar-refractivity contribution is 0.412. The smallest absolute Gasteiger partial charge is 0.335 e. The minimum atomic E-state index is -0.753. The zero-order chi connectivity index (χ0) is 22.9. The zero-order valence-corrected chi connectivity index (χ0v) is 17.6. The highest BCUT2D eigenvalue weighted by molar-refractivity contribution is 6.39. The first-order chi connectivity index (χ1) is 16.1. The van der Waals surface area contributed by atoms with Crippen LogP contribution in [0, 0.1) is 0 Å². The Labute approximate surface area is 188 Å². The summed E-state index contributed by atoms with van der Waals surface area (Å²) in [5.41, 5.74) is 2.68. The number of para-hydroxylation sites is 1. The first-order valence-corrected chi connectivity index (χ1v) is 10.2. The van der Waals surface area contributed by atoms with Gasteiger partial charge < -0.3 is 9.84 Å². The number of nitrogens with one attached hydrogen (secondary N) is 1. The molecule has 7 heteroatoms. The van der Waals surface area contributed by atoms with Gasteiger partial charge in [-0.05, 0) is 24.3 Å². The highest BCUT2D eigenvalue weighted by Gasteiger charge is 2.24. The lowest BCUT2D eigenvalue weighted by Crippen LogP contribution is -2.30. The van der Waals surface area contributed by atoms with Crippen molar-refractivity contribution in [2.24, 2.45) is 4.99 Å². The van der Waals surface area contributed by atoms with Gasteiger partial charge in [-0.1, -0.05) is 54.6 Å². The first-order valence-electron chi connectivity index (χ1n) is 10.2. The summed E-state index contributed by atoms with van der Waals surface area (Å²) in [6.07, 6.45) is 1.57. The number of aromatic hydroxyl groups is 1. The van der Waals surface area contributed by atoms with Gasteiger partial charge in [-0.3, -0.25) is 9.78 Å². The maximum absolute atomic E-state index is 12.8. The van der Waals surface area contributed by atoms with Crippen molar-refractivity contribution in [1.29, 1.82) is 0 Å².